The van der Waals surface area contributed by atoms with Crippen LogP contribution in [0.3, 0.4) is 0 Å². The van der Waals surface area contributed by atoms with Gasteiger partial charge in [-0.3, -0.25) is 4.79 Å². The van der Waals surface area contributed by atoms with Crippen molar-refractivity contribution < 1.29 is 13.6 Å². The molecule has 0 heterocycles. The summed E-state index contributed by atoms with van der Waals surface area (Å²) in [5.74, 6) is -2.48. The molecular weight excluding hydrogens is 264 g/mol. The van der Waals surface area contributed by atoms with Crippen molar-refractivity contribution in [1.82, 2.24) is 4.90 Å². The van der Waals surface area contributed by atoms with Gasteiger partial charge in [0.15, 0.2) is 0 Å². The number of nitrogens with zero attached hydrogens (tertiary/aromatic N) is 2. The maximum atomic E-state index is 13.7. The third kappa shape index (κ3) is 3.67. The maximum absolute atomic E-state index is 13.7. The highest BCUT2D eigenvalue weighted by molar-refractivity contribution is 5.94. The molecule has 1 aromatic carbocycles. The average Bonchev–Trinajstić information content (AvgIpc) is 2.41. The molecule has 0 fully saturated rings. The topological polar surface area (TPSA) is 56.1 Å². The standard InChI is InChI=1S/C14H17F2N3O/c1-4-18-13-11(15)5-10(6-12(13)16)14(20)19(3)8-9(2)7-17/h5-6,9,18H,4,8H2,1-3H3. The molecule has 1 unspecified atom stereocenters. The summed E-state index contributed by atoms with van der Waals surface area (Å²) in [6.07, 6.45) is 0. The van der Waals surface area contributed by atoms with E-state index in [1.165, 1.54) is 11.9 Å². The summed E-state index contributed by atoms with van der Waals surface area (Å²) in [5, 5.41) is 11.3. The van der Waals surface area contributed by atoms with Gasteiger partial charge in [0.1, 0.15) is 17.3 Å². The molecule has 0 spiro atoms. The molecule has 1 N–H and O–H groups in total. The predicted octanol–water partition coefficient (Wildman–Crippen LogP) is 2.63. The number of halogens is 2. The fourth-order valence-electron chi connectivity index (χ4n) is 1.80. The van der Waals surface area contributed by atoms with Gasteiger partial charge in [-0.25, -0.2) is 8.78 Å². The van der Waals surface area contributed by atoms with E-state index in [9.17, 15) is 13.6 Å². The van der Waals surface area contributed by atoms with Gasteiger partial charge in [-0.1, -0.05) is 0 Å². The van der Waals surface area contributed by atoms with Gasteiger partial charge in [0.05, 0.1) is 12.0 Å². The quantitative estimate of drug-likeness (QED) is 0.902. The first-order valence-electron chi connectivity index (χ1n) is 6.28. The van der Waals surface area contributed by atoms with Crippen LogP contribution in [0.25, 0.3) is 0 Å². The van der Waals surface area contributed by atoms with Crippen molar-refractivity contribution in [3.05, 3.63) is 29.3 Å². The highest BCUT2D eigenvalue weighted by Crippen LogP contribution is 2.21. The van der Waals surface area contributed by atoms with Crippen LogP contribution < -0.4 is 5.32 Å². The van der Waals surface area contributed by atoms with E-state index in [1.54, 1.807) is 13.8 Å². The smallest absolute Gasteiger partial charge is 0.253 e. The van der Waals surface area contributed by atoms with Crippen molar-refractivity contribution in [2.45, 2.75) is 13.8 Å². The molecule has 0 aromatic heterocycles. The van der Waals surface area contributed by atoms with E-state index in [1.807, 2.05) is 6.07 Å². The number of amides is 1. The normalized spacial score (nSPS) is 11.6. The van der Waals surface area contributed by atoms with E-state index in [0.717, 1.165) is 12.1 Å². The van der Waals surface area contributed by atoms with Crippen molar-refractivity contribution in [2.75, 3.05) is 25.5 Å². The van der Waals surface area contributed by atoms with Gasteiger partial charge in [-0.15, -0.1) is 0 Å². The SMILES string of the molecule is CCNc1c(F)cc(C(=O)N(C)CC(C)C#N)cc1F. The molecule has 108 valence electrons. The third-order valence-electron chi connectivity index (χ3n) is 2.76. The number of benzene rings is 1. The number of hydrogen-bond donors (Lipinski definition) is 1. The van der Waals surface area contributed by atoms with Crippen LogP contribution in [0, 0.1) is 28.9 Å². The van der Waals surface area contributed by atoms with Crippen LogP contribution in [0.1, 0.15) is 24.2 Å². The Kier molecular flexibility index (Phi) is 5.44. The van der Waals surface area contributed by atoms with Crippen LogP contribution in [0.4, 0.5) is 14.5 Å². The van der Waals surface area contributed by atoms with Gasteiger partial charge in [0.2, 0.25) is 0 Å². The first kappa shape index (κ1) is 15.9. The van der Waals surface area contributed by atoms with Crippen molar-refractivity contribution in [1.29, 1.82) is 5.26 Å². The summed E-state index contributed by atoms with van der Waals surface area (Å²) in [4.78, 5) is 13.3. The van der Waals surface area contributed by atoms with Crippen LogP contribution in [0.2, 0.25) is 0 Å². The van der Waals surface area contributed by atoms with E-state index in [0.29, 0.717) is 6.54 Å². The minimum Gasteiger partial charge on any atom is -0.381 e. The highest BCUT2D eigenvalue weighted by atomic mass is 19.1. The first-order valence-corrected chi connectivity index (χ1v) is 6.28. The van der Waals surface area contributed by atoms with Crippen molar-refractivity contribution in [3.8, 4) is 6.07 Å². The molecule has 0 aliphatic rings. The third-order valence-corrected chi connectivity index (χ3v) is 2.76. The molecule has 0 aliphatic heterocycles. The zero-order valence-electron chi connectivity index (χ0n) is 11.7. The van der Waals surface area contributed by atoms with E-state index in [-0.39, 0.29) is 23.7 Å². The summed E-state index contributed by atoms with van der Waals surface area (Å²) >= 11 is 0. The van der Waals surface area contributed by atoms with Crippen LogP contribution in [-0.4, -0.2) is 30.9 Å². The predicted molar refractivity (Wildman–Crippen MR) is 72.3 cm³/mol. The van der Waals surface area contributed by atoms with Gasteiger partial charge in [-0.2, -0.15) is 5.26 Å². The van der Waals surface area contributed by atoms with Crippen LogP contribution >= 0.6 is 0 Å². The molecule has 1 aromatic rings. The second kappa shape index (κ2) is 6.85. The lowest BCUT2D eigenvalue weighted by molar-refractivity contribution is 0.0784. The van der Waals surface area contributed by atoms with Gasteiger partial charge in [0.25, 0.3) is 5.91 Å². The molecule has 0 aliphatic carbocycles. The average molecular weight is 281 g/mol. The van der Waals surface area contributed by atoms with Crippen molar-refractivity contribution in [3.63, 3.8) is 0 Å². The number of rotatable bonds is 5. The second-order valence-corrected chi connectivity index (χ2v) is 4.56. The monoisotopic (exact) mass is 281 g/mol. The van der Waals surface area contributed by atoms with Crippen molar-refractivity contribution in [2.24, 2.45) is 5.92 Å². The van der Waals surface area contributed by atoms with E-state index in [2.05, 4.69) is 5.32 Å². The number of nitriles is 1. The largest absolute Gasteiger partial charge is 0.381 e. The Morgan fingerprint density at radius 3 is 2.45 bits per heavy atom. The summed E-state index contributed by atoms with van der Waals surface area (Å²) < 4.78 is 27.4. The fourth-order valence-corrected chi connectivity index (χ4v) is 1.80. The number of anilines is 1. The van der Waals surface area contributed by atoms with Crippen LogP contribution in [-0.2, 0) is 0 Å². The Morgan fingerprint density at radius 1 is 1.45 bits per heavy atom. The van der Waals surface area contributed by atoms with Crippen LogP contribution in [0.15, 0.2) is 12.1 Å². The lowest BCUT2D eigenvalue weighted by Gasteiger charge is -2.19. The lowest BCUT2D eigenvalue weighted by Crippen LogP contribution is -2.30. The number of carbonyl (C=O) groups is 1. The summed E-state index contributed by atoms with van der Waals surface area (Å²) in [5.41, 5.74) is -0.314. The Balaban J connectivity index is 2.98. The zero-order valence-corrected chi connectivity index (χ0v) is 11.7. The molecule has 20 heavy (non-hydrogen) atoms. The van der Waals surface area contributed by atoms with Gasteiger partial charge >= 0.3 is 0 Å². The fraction of sp³-hybridized carbons (Fsp3) is 0.429. The van der Waals surface area contributed by atoms with E-state index >= 15 is 0 Å². The summed E-state index contributed by atoms with van der Waals surface area (Å²) in [6, 6.07) is 3.99. The first-order chi connectivity index (χ1) is 9.40. The highest BCUT2D eigenvalue weighted by Gasteiger charge is 2.18. The minimum atomic E-state index is -0.808. The number of hydrogen-bond acceptors (Lipinski definition) is 3. The maximum Gasteiger partial charge on any atom is 0.253 e. The summed E-state index contributed by atoms with van der Waals surface area (Å²) in [7, 11) is 1.49. The Labute approximate surface area is 117 Å². The molecule has 4 nitrogen and oxygen atoms in total. The Bertz CT molecular complexity index is 517. The van der Waals surface area contributed by atoms with Gasteiger partial charge in [-0.05, 0) is 26.0 Å². The van der Waals surface area contributed by atoms with E-state index < -0.39 is 17.5 Å². The zero-order chi connectivity index (χ0) is 15.3. The Morgan fingerprint density at radius 2 is 2.00 bits per heavy atom. The van der Waals surface area contributed by atoms with Gasteiger partial charge in [0, 0.05) is 25.7 Å². The second-order valence-electron chi connectivity index (χ2n) is 4.56. The number of carbonyl (C=O) groups excluding carboxylic acids is 1. The number of nitrogens with one attached hydrogen (secondary N) is 1. The molecule has 1 atom stereocenters. The minimum absolute atomic E-state index is 0.0747. The molecule has 0 radical (unpaired) electrons. The molecule has 0 saturated carbocycles. The Hall–Kier alpha value is -2.16. The van der Waals surface area contributed by atoms with Gasteiger partial charge < -0.3 is 10.2 Å². The van der Waals surface area contributed by atoms with E-state index in [4.69, 9.17) is 5.26 Å². The molecule has 6 heteroatoms. The molecule has 1 amide bonds. The molecule has 0 saturated heterocycles. The molecular formula is C14H17F2N3O. The summed E-state index contributed by atoms with van der Waals surface area (Å²) in [6.45, 7) is 3.96. The van der Waals surface area contributed by atoms with Crippen LogP contribution in [0.5, 0.6) is 0 Å². The van der Waals surface area contributed by atoms with Crippen molar-refractivity contribution >= 4 is 11.6 Å². The lowest BCUT2D eigenvalue weighted by atomic mass is 10.1. The molecule has 0 bridgehead atoms. The molecule has 1 rings (SSSR count).